The minimum Gasteiger partial charge on any atom is -0.478 e. The minimum atomic E-state index is -4.64. The molecule has 166 valence electrons. The smallest absolute Gasteiger partial charge is 0.418 e. The molecule has 3 rings (SSSR count). The van der Waals surface area contributed by atoms with Crippen molar-refractivity contribution in [2.75, 3.05) is 24.5 Å². The molecule has 1 aliphatic rings. The summed E-state index contributed by atoms with van der Waals surface area (Å²) in [5, 5.41) is 11.9. The number of anilines is 1. The predicted molar refractivity (Wildman–Crippen MR) is 111 cm³/mol. The fourth-order valence-electron chi connectivity index (χ4n) is 3.88. The van der Waals surface area contributed by atoms with Gasteiger partial charge in [-0.2, -0.15) is 13.2 Å². The molecule has 1 heterocycles. The van der Waals surface area contributed by atoms with Crippen LogP contribution in [0.4, 0.5) is 18.9 Å². The fourth-order valence-corrected chi connectivity index (χ4v) is 3.88. The van der Waals surface area contributed by atoms with E-state index < -0.39 is 23.3 Å². The molecule has 2 aromatic rings. The number of amides is 1. The highest BCUT2D eigenvalue weighted by molar-refractivity contribution is 5.88. The van der Waals surface area contributed by atoms with Crippen molar-refractivity contribution < 1.29 is 27.9 Å². The lowest BCUT2D eigenvalue weighted by Gasteiger charge is -2.35. The zero-order valence-electron chi connectivity index (χ0n) is 17.0. The number of hydrogen-bond acceptors (Lipinski definition) is 3. The molecule has 1 aliphatic heterocycles. The van der Waals surface area contributed by atoms with Gasteiger partial charge in [-0.15, -0.1) is 0 Å². The molecule has 1 saturated heterocycles. The van der Waals surface area contributed by atoms with Crippen molar-refractivity contribution in [2.24, 2.45) is 5.92 Å². The van der Waals surface area contributed by atoms with Gasteiger partial charge in [-0.3, -0.25) is 4.79 Å². The van der Waals surface area contributed by atoms with E-state index >= 15 is 0 Å². The third-order valence-corrected chi connectivity index (χ3v) is 5.56. The van der Waals surface area contributed by atoms with Crippen molar-refractivity contribution in [3.05, 3.63) is 65.2 Å². The molecule has 31 heavy (non-hydrogen) atoms. The Labute approximate surface area is 178 Å². The van der Waals surface area contributed by atoms with Crippen molar-refractivity contribution in [3.63, 3.8) is 0 Å². The number of piperidine rings is 1. The molecule has 0 atom stereocenters. The van der Waals surface area contributed by atoms with E-state index in [9.17, 15) is 22.8 Å². The third-order valence-electron chi connectivity index (χ3n) is 5.56. The van der Waals surface area contributed by atoms with Crippen molar-refractivity contribution >= 4 is 17.6 Å². The van der Waals surface area contributed by atoms with Gasteiger partial charge in [0, 0.05) is 31.7 Å². The number of hydrogen-bond donors (Lipinski definition) is 2. The Morgan fingerprint density at radius 1 is 1.06 bits per heavy atom. The Hall–Kier alpha value is -3.03. The zero-order chi connectivity index (χ0) is 22.4. The van der Waals surface area contributed by atoms with Crippen LogP contribution in [0.2, 0.25) is 0 Å². The van der Waals surface area contributed by atoms with Crippen LogP contribution in [0, 0.1) is 5.92 Å². The first kappa shape index (κ1) is 22.7. The van der Waals surface area contributed by atoms with Crippen LogP contribution in [-0.2, 0) is 17.4 Å². The van der Waals surface area contributed by atoms with Crippen LogP contribution in [0.25, 0.3) is 0 Å². The number of carbonyl (C=O) groups is 2. The summed E-state index contributed by atoms with van der Waals surface area (Å²) in [6.45, 7) is 1.32. The average Bonchev–Trinajstić information content (AvgIpc) is 2.74. The summed E-state index contributed by atoms with van der Waals surface area (Å²) < 4.78 is 40.4. The van der Waals surface area contributed by atoms with E-state index in [-0.39, 0.29) is 17.5 Å². The SMILES string of the molecule is O=C(CC1CCN(c2ccc(C(=O)O)cc2C(F)(F)F)CC1)NCCc1ccccc1. The number of aromatic carboxylic acids is 1. The number of rotatable bonds is 7. The maximum absolute atomic E-state index is 13.5. The second-order valence-corrected chi connectivity index (χ2v) is 7.75. The van der Waals surface area contributed by atoms with Crippen molar-refractivity contribution in [1.82, 2.24) is 5.32 Å². The van der Waals surface area contributed by atoms with E-state index in [0.29, 0.717) is 45.0 Å². The van der Waals surface area contributed by atoms with Crippen LogP contribution in [0.5, 0.6) is 0 Å². The molecule has 2 aromatic carbocycles. The lowest BCUT2D eigenvalue weighted by Crippen LogP contribution is -2.37. The Morgan fingerprint density at radius 3 is 2.35 bits per heavy atom. The lowest BCUT2D eigenvalue weighted by molar-refractivity contribution is -0.137. The second kappa shape index (κ2) is 9.85. The number of nitrogens with zero attached hydrogens (tertiary/aromatic N) is 1. The maximum Gasteiger partial charge on any atom is 0.418 e. The monoisotopic (exact) mass is 434 g/mol. The van der Waals surface area contributed by atoms with E-state index in [1.807, 2.05) is 30.3 Å². The third kappa shape index (κ3) is 6.23. The van der Waals surface area contributed by atoms with Crippen LogP contribution in [0.15, 0.2) is 48.5 Å². The Balaban J connectivity index is 1.52. The summed E-state index contributed by atoms with van der Waals surface area (Å²) in [5.41, 5.74) is -0.198. The molecule has 0 aromatic heterocycles. The summed E-state index contributed by atoms with van der Waals surface area (Å²) in [6.07, 6.45) is -2.34. The highest BCUT2D eigenvalue weighted by Crippen LogP contribution is 2.38. The molecular weight excluding hydrogens is 409 g/mol. The van der Waals surface area contributed by atoms with Gasteiger partial charge in [-0.05, 0) is 48.9 Å². The van der Waals surface area contributed by atoms with Crippen LogP contribution in [-0.4, -0.2) is 36.6 Å². The Bertz CT molecular complexity index is 908. The highest BCUT2D eigenvalue weighted by atomic mass is 19.4. The van der Waals surface area contributed by atoms with Crippen LogP contribution in [0.1, 0.15) is 40.7 Å². The first-order valence-corrected chi connectivity index (χ1v) is 10.2. The first-order chi connectivity index (χ1) is 14.7. The zero-order valence-corrected chi connectivity index (χ0v) is 17.0. The van der Waals surface area contributed by atoms with Gasteiger partial charge in [0.1, 0.15) is 0 Å². The first-order valence-electron chi connectivity index (χ1n) is 10.2. The molecule has 0 bridgehead atoms. The number of carboxylic acid groups (broad SMARTS) is 1. The van der Waals surface area contributed by atoms with Gasteiger partial charge in [0.2, 0.25) is 5.91 Å². The Morgan fingerprint density at radius 2 is 1.74 bits per heavy atom. The van der Waals surface area contributed by atoms with Crippen molar-refractivity contribution in [3.8, 4) is 0 Å². The second-order valence-electron chi connectivity index (χ2n) is 7.75. The average molecular weight is 434 g/mol. The van der Waals surface area contributed by atoms with E-state index in [1.54, 1.807) is 4.90 Å². The lowest BCUT2D eigenvalue weighted by atomic mass is 9.92. The summed E-state index contributed by atoms with van der Waals surface area (Å²) in [7, 11) is 0. The highest BCUT2D eigenvalue weighted by Gasteiger charge is 2.36. The number of nitrogens with one attached hydrogen (secondary N) is 1. The quantitative estimate of drug-likeness (QED) is 0.679. The molecule has 1 fully saturated rings. The summed E-state index contributed by atoms with van der Waals surface area (Å²) in [6, 6.07) is 12.9. The number of alkyl halides is 3. The van der Waals surface area contributed by atoms with Crippen LogP contribution in [0.3, 0.4) is 0 Å². The summed E-state index contributed by atoms with van der Waals surface area (Å²) in [4.78, 5) is 24.9. The van der Waals surface area contributed by atoms with Crippen LogP contribution >= 0.6 is 0 Å². The molecular formula is C23H25F3N2O3. The topological polar surface area (TPSA) is 69.6 Å². The fraction of sp³-hybridized carbons (Fsp3) is 0.391. The van der Waals surface area contributed by atoms with E-state index in [4.69, 9.17) is 5.11 Å². The number of carboxylic acids is 1. The molecule has 5 nitrogen and oxygen atoms in total. The normalized spacial score (nSPS) is 15.0. The molecule has 8 heteroatoms. The molecule has 0 radical (unpaired) electrons. The molecule has 2 N–H and O–H groups in total. The van der Waals surface area contributed by atoms with Gasteiger partial charge >= 0.3 is 12.1 Å². The van der Waals surface area contributed by atoms with Crippen molar-refractivity contribution in [1.29, 1.82) is 0 Å². The van der Waals surface area contributed by atoms with Gasteiger partial charge in [0.15, 0.2) is 0 Å². The van der Waals surface area contributed by atoms with Gasteiger partial charge in [0.25, 0.3) is 0 Å². The predicted octanol–water partition coefficient (Wildman–Crippen LogP) is 4.37. The number of halogens is 3. The molecule has 1 amide bonds. The minimum absolute atomic E-state index is 0.0109. The standard InChI is InChI=1S/C23H25F3N2O3/c24-23(25,26)19-15-18(22(30)31)6-7-20(19)28-12-9-17(10-13-28)14-21(29)27-11-8-16-4-2-1-3-5-16/h1-7,15,17H,8-14H2,(H,27,29)(H,30,31). The Kier molecular flexibility index (Phi) is 7.20. The number of carbonyl (C=O) groups excluding carboxylic acids is 1. The largest absolute Gasteiger partial charge is 0.478 e. The molecule has 0 aliphatic carbocycles. The van der Waals surface area contributed by atoms with E-state index in [2.05, 4.69) is 5.32 Å². The summed E-state index contributed by atoms with van der Waals surface area (Å²) in [5.74, 6) is -1.33. The van der Waals surface area contributed by atoms with Gasteiger partial charge in [-0.25, -0.2) is 4.79 Å². The van der Waals surface area contributed by atoms with Gasteiger partial charge in [-0.1, -0.05) is 30.3 Å². The van der Waals surface area contributed by atoms with E-state index in [1.165, 1.54) is 12.1 Å². The molecule has 0 saturated carbocycles. The maximum atomic E-state index is 13.5. The molecule has 0 spiro atoms. The van der Waals surface area contributed by atoms with Crippen LogP contribution < -0.4 is 10.2 Å². The van der Waals surface area contributed by atoms with Gasteiger partial charge < -0.3 is 15.3 Å². The van der Waals surface area contributed by atoms with E-state index in [0.717, 1.165) is 12.0 Å². The molecule has 0 unspecified atom stereocenters. The van der Waals surface area contributed by atoms with Gasteiger partial charge in [0.05, 0.1) is 11.1 Å². The summed E-state index contributed by atoms with van der Waals surface area (Å²) >= 11 is 0. The van der Waals surface area contributed by atoms with Crippen molar-refractivity contribution in [2.45, 2.75) is 31.9 Å². The number of benzene rings is 2.